The maximum Gasteiger partial charge on any atom is 0.434 e. The van der Waals surface area contributed by atoms with Gasteiger partial charge in [0.15, 0.2) is 5.69 Å². The molecule has 0 aromatic carbocycles. The third kappa shape index (κ3) is 5.54. The lowest BCUT2D eigenvalue weighted by atomic mass is 9.97. The fourth-order valence-corrected chi connectivity index (χ4v) is 2.81. The Kier molecular flexibility index (Phi) is 6.55. The van der Waals surface area contributed by atoms with Gasteiger partial charge in [-0.15, -0.1) is 0 Å². The molecule has 0 saturated carbocycles. The van der Waals surface area contributed by atoms with Crippen LogP contribution in [-0.4, -0.2) is 41.9 Å². The highest BCUT2D eigenvalue weighted by Crippen LogP contribution is 2.31. The second-order valence-corrected chi connectivity index (χ2v) is 6.34. The first-order valence-electron chi connectivity index (χ1n) is 8.57. The van der Waals surface area contributed by atoms with Crippen molar-refractivity contribution in [3.8, 4) is 0 Å². The van der Waals surface area contributed by atoms with Gasteiger partial charge in [-0.05, 0) is 25.2 Å². The van der Waals surface area contributed by atoms with Crippen LogP contribution < -0.4 is 10.2 Å². The first-order valence-corrected chi connectivity index (χ1v) is 8.57. The number of aryl methyl sites for hydroxylation is 1. The van der Waals surface area contributed by atoms with Crippen molar-refractivity contribution in [2.45, 2.75) is 38.8 Å². The van der Waals surface area contributed by atoms with E-state index >= 15 is 0 Å². The number of carbonyl (C=O) groups excluding carboxylic acids is 1. The summed E-state index contributed by atoms with van der Waals surface area (Å²) in [5.74, 6) is 0.620. The van der Waals surface area contributed by atoms with Gasteiger partial charge in [0.25, 0.3) is 0 Å². The van der Waals surface area contributed by atoms with Crippen LogP contribution in [0.5, 0.6) is 0 Å². The second kappa shape index (κ2) is 8.44. The maximum absolute atomic E-state index is 12.8. The molecule has 1 aromatic heterocycles. The molecule has 0 spiro atoms. The Morgan fingerprint density at radius 1 is 1.40 bits per heavy atom. The summed E-state index contributed by atoms with van der Waals surface area (Å²) < 4.78 is 44.7. The largest absolute Gasteiger partial charge is 0.450 e. The number of nitrogens with zero attached hydrogens (tertiary/aromatic N) is 3. The van der Waals surface area contributed by atoms with Crippen LogP contribution in [0, 0.1) is 5.92 Å². The van der Waals surface area contributed by atoms with Gasteiger partial charge in [0.1, 0.15) is 0 Å². The van der Waals surface area contributed by atoms with Crippen LogP contribution in [0.2, 0.25) is 0 Å². The average Bonchev–Trinajstić information content (AvgIpc) is 2.96. The molecule has 1 saturated heterocycles. The minimum Gasteiger partial charge on any atom is -0.450 e. The summed E-state index contributed by atoms with van der Waals surface area (Å²) in [5, 5.41) is 2.75. The predicted molar refractivity (Wildman–Crippen MR) is 87.4 cm³/mol. The van der Waals surface area contributed by atoms with Gasteiger partial charge in [-0.25, -0.2) is 9.78 Å². The lowest BCUT2D eigenvalue weighted by Gasteiger charge is -2.32. The molecule has 0 atom stereocenters. The topological polar surface area (TPSA) is 59.4 Å². The third-order valence-electron chi connectivity index (χ3n) is 4.31. The molecule has 0 radical (unpaired) electrons. The average molecular weight is 362 g/mol. The van der Waals surface area contributed by atoms with E-state index in [1.807, 2.05) is 11.8 Å². The van der Waals surface area contributed by atoms with Gasteiger partial charge in [-0.1, -0.05) is 13.3 Å². The number of carbonyl (C=O) groups is 1. The Morgan fingerprint density at radius 3 is 2.64 bits per heavy atom. The Bertz CT molecular complexity index is 566. The number of aromatic nitrogens is 2. The SMILES string of the molecule is CCCCOC(=O)NCC1CCN(c2nc(C(F)(F)F)cn2C)CC1. The molecule has 1 aromatic rings. The van der Waals surface area contributed by atoms with Crippen LogP contribution >= 0.6 is 0 Å². The summed E-state index contributed by atoms with van der Waals surface area (Å²) in [6.07, 6.45) is -0.460. The number of alkyl halides is 3. The molecule has 0 aliphatic carbocycles. The summed E-state index contributed by atoms with van der Waals surface area (Å²) >= 11 is 0. The molecule has 1 amide bonds. The summed E-state index contributed by atoms with van der Waals surface area (Å²) in [7, 11) is 1.57. The number of nitrogens with one attached hydrogen (secondary N) is 1. The fourth-order valence-electron chi connectivity index (χ4n) is 2.81. The lowest BCUT2D eigenvalue weighted by molar-refractivity contribution is -0.140. The van der Waals surface area contributed by atoms with E-state index in [0.717, 1.165) is 31.9 Å². The van der Waals surface area contributed by atoms with Crippen LogP contribution in [0.3, 0.4) is 0 Å². The number of amides is 1. The standard InChI is InChI=1S/C16H25F3N4O2/c1-3-4-9-25-15(24)20-10-12-5-7-23(8-6-12)14-21-13(11-22(14)2)16(17,18)19/h11-12H,3-10H2,1-2H3,(H,20,24). The zero-order chi connectivity index (χ0) is 18.4. The predicted octanol–water partition coefficient (Wildman–Crippen LogP) is 3.18. The number of imidazole rings is 1. The molecule has 25 heavy (non-hydrogen) atoms. The van der Waals surface area contributed by atoms with E-state index in [1.54, 1.807) is 7.05 Å². The fraction of sp³-hybridized carbons (Fsp3) is 0.750. The van der Waals surface area contributed by atoms with E-state index in [4.69, 9.17) is 4.74 Å². The van der Waals surface area contributed by atoms with Gasteiger partial charge < -0.3 is 19.5 Å². The number of ether oxygens (including phenoxy) is 1. The Labute approximate surface area is 145 Å². The van der Waals surface area contributed by atoms with Crippen molar-refractivity contribution >= 4 is 12.0 Å². The zero-order valence-corrected chi connectivity index (χ0v) is 14.6. The lowest BCUT2D eigenvalue weighted by Crippen LogP contribution is -2.39. The molecular weight excluding hydrogens is 337 g/mol. The molecule has 6 nitrogen and oxygen atoms in total. The Hall–Kier alpha value is -1.93. The summed E-state index contributed by atoms with van der Waals surface area (Å²) in [4.78, 5) is 17.1. The van der Waals surface area contributed by atoms with Gasteiger partial charge in [0.2, 0.25) is 5.95 Å². The first kappa shape index (κ1) is 19.4. The minimum absolute atomic E-state index is 0.289. The molecular formula is C16H25F3N4O2. The first-order chi connectivity index (χ1) is 11.8. The van der Waals surface area contributed by atoms with Crippen molar-refractivity contribution in [1.29, 1.82) is 0 Å². The van der Waals surface area contributed by atoms with E-state index in [1.165, 1.54) is 4.57 Å². The molecule has 0 unspecified atom stereocenters. The molecule has 1 N–H and O–H groups in total. The van der Waals surface area contributed by atoms with E-state index in [-0.39, 0.29) is 5.92 Å². The maximum atomic E-state index is 12.8. The van der Waals surface area contributed by atoms with Crippen LogP contribution in [0.4, 0.5) is 23.9 Å². The quantitative estimate of drug-likeness (QED) is 0.790. The third-order valence-corrected chi connectivity index (χ3v) is 4.31. The van der Waals surface area contributed by atoms with E-state index in [9.17, 15) is 18.0 Å². The number of piperidine rings is 1. The van der Waals surface area contributed by atoms with Crippen molar-refractivity contribution in [2.75, 3.05) is 31.1 Å². The van der Waals surface area contributed by atoms with E-state index < -0.39 is 18.0 Å². The number of halogens is 3. The molecule has 0 bridgehead atoms. The van der Waals surface area contributed by atoms with Crippen LogP contribution in [-0.2, 0) is 18.0 Å². The van der Waals surface area contributed by atoms with Gasteiger partial charge in [-0.2, -0.15) is 13.2 Å². The van der Waals surface area contributed by atoms with E-state index in [2.05, 4.69) is 10.3 Å². The number of alkyl carbamates (subject to hydrolysis) is 1. The number of hydrogen-bond acceptors (Lipinski definition) is 4. The highest BCUT2D eigenvalue weighted by molar-refractivity contribution is 5.67. The molecule has 1 aliphatic rings. The van der Waals surface area contributed by atoms with Crippen LogP contribution in [0.25, 0.3) is 0 Å². The Morgan fingerprint density at radius 2 is 2.08 bits per heavy atom. The van der Waals surface area contributed by atoms with Crippen LogP contribution in [0.1, 0.15) is 38.3 Å². The van der Waals surface area contributed by atoms with Crippen molar-refractivity contribution in [3.63, 3.8) is 0 Å². The summed E-state index contributed by atoms with van der Waals surface area (Å²) in [6, 6.07) is 0. The number of unbranched alkanes of at least 4 members (excludes halogenated alkanes) is 1. The van der Waals surface area contributed by atoms with Gasteiger partial charge in [-0.3, -0.25) is 0 Å². The normalized spacial score (nSPS) is 16.1. The van der Waals surface area contributed by atoms with Crippen LogP contribution in [0.15, 0.2) is 6.20 Å². The van der Waals surface area contributed by atoms with Gasteiger partial charge in [0.05, 0.1) is 6.61 Å². The van der Waals surface area contributed by atoms with Crippen molar-refractivity contribution in [1.82, 2.24) is 14.9 Å². The van der Waals surface area contributed by atoms with Gasteiger partial charge >= 0.3 is 12.3 Å². The monoisotopic (exact) mass is 362 g/mol. The molecule has 2 heterocycles. The molecule has 2 rings (SSSR count). The van der Waals surface area contributed by atoms with E-state index in [0.29, 0.717) is 32.2 Å². The smallest absolute Gasteiger partial charge is 0.434 e. The van der Waals surface area contributed by atoms with Crippen molar-refractivity contribution in [2.24, 2.45) is 13.0 Å². The summed E-state index contributed by atoms with van der Waals surface area (Å²) in [6.45, 7) is 4.18. The Balaban J connectivity index is 1.78. The number of anilines is 1. The number of rotatable bonds is 6. The highest BCUT2D eigenvalue weighted by Gasteiger charge is 2.35. The van der Waals surface area contributed by atoms with Crippen molar-refractivity contribution in [3.05, 3.63) is 11.9 Å². The van der Waals surface area contributed by atoms with Gasteiger partial charge in [0, 0.05) is 32.9 Å². The minimum atomic E-state index is -4.43. The molecule has 142 valence electrons. The summed E-state index contributed by atoms with van der Waals surface area (Å²) in [5.41, 5.74) is -0.872. The molecule has 9 heteroatoms. The zero-order valence-electron chi connectivity index (χ0n) is 14.6. The molecule has 1 aliphatic heterocycles. The highest BCUT2D eigenvalue weighted by atomic mass is 19.4. The number of hydrogen-bond donors (Lipinski definition) is 1. The second-order valence-electron chi connectivity index (χ2n) is 6.34. The van der Waals surface area contributed by atoms with Crippen molar-refractivity contribution < 1.29 is 22.7 Å². The molecule has 1 fully saturated rings.